The van der Waals surface area contributed by atoms with Crippen LogP contribution >= 0.6 is 0 Å². The van der Waals surface area contributed by atoms with E-state index in [9.17, 15) is 9.59 Å². The third kappa shape index (κ3) is 4.51. The Balaban J connectivity index is 1.56. The van der Waals surface area contributed by atoms with Crippen LogP contribution in [0.3, 0.4) is 0 Å². The quantitative estimate of drug-likeness (QED) is 0.788. The molecule has 1 amide bonds. The van der Waals surface area contributed by atoms with E-state index in [1.807, 2.05) is 23.9 Å². The van der Waals surface area contributed by atoms with E-state index >= 15 is 0 Å². The third-order valence-electron chi connectivity index (χ3n) is 5.75. The number of carbonyl (C=O) groups excluding carboxylic acids is 2. The second kappa shape index (κ2) is 8.17. The third-order valence-corrected chi connectivity index (χ3v) is 5.75. The molecule has 5 heteroatoms. The van der Waals surface area contributed by atoms with E-state index in [1.54, 1.807) is 6.92 Å². The number of hydrogen-bond donors (Lipinski definition) is 0. The summed E-state index contributed by atoms with van der Waals surface area (Å²) in [6.45, 7) is 6.10. The second-order valence-corrected chi connectivity index (χ2v) is 7.68. The Kier molecular flexibility index (Phi) is 5.94. The summed E-state index contributed by atoms with van der Waals surface area (Å²) in [6, 6.07) is 2.00. The van der Waals surface area contributed by atoms with Gasteiger partial charge in [0.05, 0.1) is 0 Å². The number of ketones is 1. The highest BCUT2D eigenvalue weighted by molar-refractivity contribution is 5.94. The first-order valence-electron chi connectivity index (χ1n) is 9.72. The minimum absolute atomic E-state index is 0.113. The summed E-state index contributed by atoms with van der Waals surface area (Å²) in [4.78, 5) is 28.8. The molecule has 2 fully saturated rings. The molecule has 0 unspecified atom stereocenters. The van der Waals surface area contributed by atoms with Crippen molar-refractivity contribution in [3.63, 3.8) is 0 Å². The predicted octanol–water partition coefficient (Wildman–Crippen LogP) is 2.84. The molecule has 1 saturated heterocycles. The summed E-state index contributed by atoms with van der Waals surface area (Å²) in [6.07, 6.45) is 8.81. The molecule has 2 aliphatic rings. The molecule has 0 N–H and O–H groups in total. The molecule has 25 heavy (non-hydrogen) atoms. The maximum atomic E-state index is 12.8. The molecule has 5 nitrogen and oxygen atoms in total. The summed E-state index contributed by atoms with van der Waals surface area (Å²) in [5, 5.41) is 0. The normalized spacial score (nSPS) is 20.5. The standard InChI is InChI=1S/C20H31N3O2/c1-16(24)18-13-19(21(2)14-18)15-22-9-6-10-23(12-11-22)20(25)17-7-4-3-5-8-17/h13-14,17H,3-12,15H2,1-2H3. The number of carbonyl (C=O) groups is 2. The largest absolute Gasteiger partial charge is 0.353 e. The minimum Gasteiger partial charge on any atom is -0.353 e. The molecular weight excluding hydrogens is 314 g/mol. The Morgan fingerprint density at radius 3 is 2.48 bits per heavy atom. The molecule has 0 spiro atoms. The first-order valence-corrected chi connectivity index (χ1v) is 9.72. The van der Waals surface area contributed by atoms with Gasteiger partial charge in [-0.25, -0.2) is 0 Å². The maximum Gasteiger partial charge on any atom is 0.225 e. The fourth-order valence-electron chi connectivity index (χ4n) is 4.15. The van der Waals surface area contributed by atoms with Crippen LogP contribution in [0.5, 0.6) is 0 Å². The van der Waals surface area contributed by atoms with Crippen LogP contribution in [-0.4, -0.2) is 52.2 Å². The summed E-state index contributed by atoms with van der Waals surface area (Å²) in [7, 11) is 2.00. The molecule has 0 bridgehead atoms. The first-order chi connectivity index (χ1) is 12.0. The van der Waals surface area contributed by atoms with Gasteiger partial charge in [-0.2, -0.15) is 0 Å². The molecule has 138 valence electrons. The van der Waals surface area contributed by atoms with Crippen molar-refractivity contribution in [2.45, 2.75) is 52.0 Å². The van der Waals surface area contributed by atoms with E-state index in [1.165, 1.54) is 19.3 Å². The highest BCUT2D eigenvalue weighted by atomic mass is 16.2. The lowest BCUT2D eigenvalue weighted by atomic mass is 9.88. The molecule has 1 aromatic rings. The smallest absolute Gasteiger partial charge is 0.225 e. The summed E-state index contributed by atoms with van der Waals surface area (Å²) >= 11 is 0. The molecule has 0 atom stereocenters. The average molecular weight is 345 g/mol. The van der Waals surface area contributed by atoms with Gasteiger partial charge in [0.1, 0.15) is 0 Å². The average Bonchev–Trinajstić information content (AvgIpc) is 2.83. The van der Waals surface area contributed by atoms with Gasteiger partial charge < -0.3 is 9.47 Å². The van der Waals surface area contributed by atoms with Crippen LogP contribution in [0.4, 0.5) is 0 Å². The summed E-state index contributed by atoms with van der Waals surface area (Å²) in [5.41, 5.74) is 1.94. The van der Waals surface area contributed by atoms with E-state index < -0.39 is 0 Å². The molecule has 3 rings (SSSR count). The lowest BCUT2D eigenvalue weighted by molar-refractivity contribution is -0.136. The van der Waals surface area contributed by atoms with Crippen LogP contribution in [0.2, 0.25) is 0 Å². The van der Waals surface area contributed by atoms with Gasteiger partial charge in [-0.15, -0.1) is 0 Å². The lowest BCUT2D eigenvalue weighted by Crippen LogP contribution is -2.39. The van der Waals surface area contributed by atoms with Crippen LogP contribution in [0.15, 0.2) is 12.3 Å². The first kappa shape index (κ1) is 18.2. The minimum atomic E-state index is 0.113. The molecule has 0 aromatic carbocycles. The van der Waals surface area contributed by atoms with Crippen LogP contribution in [-0.2, 0) is 18.4 Å². The monoisotopic (exact) mass is 345 g/mol. The van der Waals surface area contributed by atoms with Crippen LogP contribution in [0.25, 0.3) is 0 Å². The van der Waals surface area contributed by atoms with Crippen LogP contribution in [0, 0.1) is 5.92 Å². The van der Waals surface area contributed by atoms with Crippen molar-refractivity contribution in [2.75, 3.05) is 26.2 Å². The number of hydrogen-bond acceptors (Lipinski definition) is 3. The number of rotatable bonds is 4. The van der Waals surface area contributed by atoms with Gasteiger partial charge >= 0.3 is 0 Å². The van der Waals surface area contributed by atoms with Gasteiger partial charge in [-0.3, -0.25) is 14.5 Å². The summed E-state index contributed by atoms with van der Waals surface area (Å²) < 4.78 is 2.05. The fraction of sp³-hybridized carbons (Fsp3) is 0.700. The molecule has 1 aliphatic heterocycles. The molecular formula is C20H31N3O2. The van der Waals surface area contributed by atoms with E-state index in [2.05, 4.69) is 9.80 Å². The number of aryl methyl sites for hydroxylation is 1. The van der Waals surface area contributed by atoms with Gasteiger partial charge in [0.25, 0.3) is 0 Å². The molecule has 1 saturated carbocycles. The molecule has 0 radical (unpaired) electrons. The van der Waals surface area contributed by atoms with Crippen molar-refractivity contribution in [1.29, 1.82) is 0 Å². The van der Waals surface area contributed by atoms with E-state index in [0.717, 1.165) is 63.2 Å². The molecule has 2 heterocycles. The number of Topliss-reactive ketones (excluding diaryl/α,β-unsaturated/α-hetero) is 1. The second-order valence-electron chi connectivity index (χ2n) is 7.68. The molecule has 1 aliphatic carbocycles. The fourth-order valence-corrected chi connectivity index (χ4v) is 4.15. The Bertz CT molecular complexity index is 616. The number of nitrogens with zero attached hydrogens (tertiary/aromatic N) is 3. The van der Waals surface area contributed by atoms with Gasteiger partial charge in [0.2, 0.25) is 5.91 Å². The highest BCUT2D eigenvalue weighted by Crippen LogP contribution is 2.26. The van der Waals surface area contributed by atoms with Crippen LogP contribution in [0.1, 0.15) is 61.5 Å². The van der Waals surface area contributed by atoms with E-state index in [-0.39, 0.29) is 11.7 Å². The van der Waals surface area contributed by atoms with Gasteiger partial charge in [0.15, 0.2) is 5.78 Å². The zero-order valence-corrected chi connectivity index (χ0v) is 15.7. The van der Waals surface area contributed by atoms with Crippen molar-refractivity contribution < 1.29 is 9.59 Å². The Hall–Kier alpha value is -1.62. The zero-order valence-electron chi connectivity index (χ0n) is 15.7. The van der Waals surface area contributed by atoms with Crippen molar-refractivity contribution in [3.8, 4) is 0 Å². The van der Waals surface area contributed by atoms with Crippen molar-refractivity contribution in [2.24, 2.45) is 13.0 Å². The zero-order chi connectivity index (χ0) is 17.8. The van der Waals surface area contributed by atoms with Crippen LogP contribution < -0.4 is 0 Å². The van der Waals surface area contributed by atoms with Gasteiger partial charge in [-0.1, -0.05) is 19.3 Å². The summed E-state index contributed by atoms with van der Waals surface area (Å²) in [5.74, 6) is 0.771. The van der Waals surface area contributed by atoms with Crippen molar-refractivity contribution in [3.05, 3.63) is 23.5 Å². The van der Waals surface area contributed by atoms with Gasteiger partial charge in [0, 0.05) is 63.1 Å². The molecule has 1 aromatic heterocycles. The Morgan fingerprint density at radius 2 is 1.80 bits per heavy atom. The van der Waals surface area contributed by atoms with E-state index in [0.29, 0.717) is 5.91 Å². The highest BCUT2D eigenvalue weighted by Gasteiger charge is 2.27. The maximum absolute atomic E-state index is 12.8. The Morgan fingerprint density at radius 1 is 1.04 bits per heavy atom. The van der Waals surface area contributed by atoms with Gasteiger partial charge in [-0.05, 0) is 32.3 Å². The Labute approximate surface area is 151 Å². The number of amides is 1. The topological polar surface area (TPSA) is 45.6 Å². The van der Waals surface area contributed by atoms with Crippen molar-refractivity contribution in [1.82, 2.24) is 14.4 Å². The van der Waals surface area contributed by atoms with E-state index in [4.69, 9.17) is 0 Å². The van der Waals surface area contributed by atoms with Crippen molar-refractivity contribution >= 4 is 11.7 Å². The predicted molar refractivity (Wildman–Crippen MR) is 98.5 cm³/mol. The number of aromatic nitrogens is 1. The SMILES string of the molecule is CC(=O)c1cc(CN2CCCN(C(=O)C3CCCCC3)CC2)n(C)c1. The lowest BCUT2D eigenvalue weighted by Gasteiger charge is -2.28.